The highest BCUT2D eigenvalue weighted by Crippen LogP contribution is 2.13. The summed E-state index contributed by atoms with van der Waals surface area (Å²) in [6, 6.07) is 6.25. The van der Waals surface area contributed by atoms with Crippen molar-refractivity contribution in [2.75, 3.05) is 20.6 Å². The zero-order valence-corrected chi connectivity index (χ0v) is 12.9. The third kappa shape index (κ3) is 4.27. The van der Waals surface area contributed by atoms with Crippen LogP contribution in [0.3, 0.4) is 0 Å². The molecular formula is C13H19IN2O. The number of aryl methyl sites for hydroxylation is 1. The molecule has 94 valence electrons. The van der Waals surface area contributed by atoms with E-state index in [9.17, 15) is 4.79 Å². The van der Waals surface area contributed by atoms with Crippen molar-refractivity contribution in [3.63, 3.8) is 0 Å². The van der Waals surface area contributed by atoms with Crippen LogP contribution in [0.2, 0.25) is 0 Å². The van der Waals surface area contributed by atoms with E-state index in [0.717, 1.165) is 14.7 Å². The van der Waals surface area contributed by atoms with E-state index in [0.29, 0.717) is 12.6 Å². The number of nitrogens with one attached hydrogen (secondary N) is 1. The molecule has 3 nitrogen and oxygen atoms in total. The number of carbonyl (C=O) groups excluding carboxylic acids is 1. The highest BCUT2D eigenvalue weighted by atomic mass is 127. The molecule has 17 heavy (non-hydrogen) atoms. The number of carbonyl (C=O) groups is 1. The Bertz CT molecular complexity index is 404. The normalized spacial score (nSPS) is 12.6. The first-order valence-electron chi connectivity index (χ1n) is 5.62. The van der Waals surface area contributed by atoms with Gasteiger partial charge in [0.15, 0.2) is 0 Å². The fourth-order valence-electron chi connectivity index (χ4n) is 1.33. The van der Waals surface area contributed by atoms with Gasteiger partial charge in [-0.2, -0.15) is 0 Å². The zero-order chi connectivity index (χ0) is 13.0. The summed E-state index contributed by atoms with van der Waals surface area (Å²) in [5.74, 6) is 0.00630. The van der Waals surface area contributed by atoms with Gasteiger partial charge >= 0.3 is 0 Å². The van der Waals surface area contributed by atoms with Crippen LogP contribution in [0.15, 0.2) is 18.2 Å². The van der Waals surface area contributed by atoms with Crippen molar-refractivity contribution in [2.24, 2.45) is 0 Å². The molecule has 0 radical (unpaired) electrons. The van der Waals surface area contributed by atoms with Gasteiger partial charge in [0.05, 0.1) is 5.56 Å². The van der Waals surface area contributed by atoms with Crippen LogP contribution in [0.1, 0.15) is 22.8 Å². The summed E-state index contributed by atoms with van der Waals surface area (Å²) in [5.41, 5.74) is 1.87. The first kappa shape index (κ1) is 14.4. The minimum Gasteiger partial charge on any atom is -0.350 e. The summed E-state index contributed by atoms with van der Waals surface area (Å²) in [4.78, 5) is 14.1. The van der Waals surface area contributed by atoms with E-state index in [-0.39, 0.29) is 5.91 Å². The second-order valence-corrected chi connectivity index (χ2v) is 5.67. The van der Waals surface area contributed by atoms with Gasteiger partial charge in [0.25, 0.3) is 5.91 Å². The summed E-state index contributed by atoms with van der Waals surface area (Å²) in [7, 11) is 4.01. The highest BCUT2D eigenvalue weighted by Gasteiger charge is 2.11. The number of likely N-dealkylation sites (N-methyl/N-ethyl adjacent to an activating group) is 1. The molecule has 0 fully saturated rings. The molecule has 1 N–H and O–H groups in total. The summed E-state index contributed by atoms with van der Waals surface area (Å²) in [6.07, 6.45) is 0. The maximum absolute atomic E-state index is 12.0. The predicted octanol–water partition coefficient (Wildman–Crippen LogP) is 2.28. The molecule has 1 rings (SSSR count). The third-order valence-corrected chi connectivity index (χ3v) is 3.75. The average molecular weight is 346 g/mol. The third-order valence-electron chi connectivity index (χ3n) is 2.81. The van der Waals surface area contributed by atoms with E-state index in [2.05, 4.69) is 39.7 Å². The summed E-state index contributed by atoms with van der Waals surface area (Å²) in [5, 5.41) is 2.96. The molecule has 0 aliphatic rings. The number of benzene rings is 1. The van der Waals surface area contributed by atoms with Crippen molar-refractivity contribution in [2.45, 2.75) is 19.9 Å². The number of rotatable bonds is 4. The topological polar surface area (TPSA) is 32.3 Å². The van der Waals surface area contributed by atoms with Gasteiger partial charge in [0.2, 0.25) is 0 Å². The summed E-state index contributed by atoms with van der Waals surface area (Å²) >= 11 is 2.19. The Morgan fingerprint density at radius 3 is 2.71 bits per heavy atom. The van der Waals surface area contributed by atoms with Crippen LogP contribution in [0.25, 0.3) is 0 Å². The molecule has 1 unspecified atom stereocenters. The first-order chi connectivity index (χ1) is 7.91. The fourth-order valence-corrected chi connectivity index (χ4v) is 1.91. The van der Waals surface area contributed by atoms with Crippen LogP contribution >= 0.6 is 22.6 Å². The second kappa shape index (κ2) is 6.35. The molecule has 0 aromatic heterocycles. The molecule has 1 atom stereocenters. The fraction of sp³-hybridized carbons (Fsp3) is 0.462. The number of amides is 1. The lowest BCUT2D eigenvalue weighted by atomic mass is 10.1. The van der Waals surface area contributed by atoms with Gasteiger partial charge in [-0.15, -0.1) is 0 Å². The van der Waals surface area contributed by atoms with Crippen LogP contribution in [-0.2, 0) is 0 Å². The molecule has 1 aromatic rings. The Kier molecular flexibility index (Phi) is 5.39. The molecule has 0 aliphatic carbocycles. The molecule has 1 aromatic carbocycles. The first-order valence-corrected chi connectivity index (χ1v) is 6.70. The van der Waals surface area contributed by atoms with Crippen molar-refractivity contribution < 1.29 is 4.79 Å². The molecule has 0 aliphatic heterocycles. The van der Waals surface area contributed by atoms with Gasteiger partial charge < -0.3 is 10.2 Å². The lowest BCUT2D eigenvalue weighted by Gasteiger charge is -2.20. The quantitative estimate of drug-likeness (QED) is 0.849. The van der Waals surface area contributed by atoms with E-state index in [1.807, 2.05) is 39.2 Å². The van der Waals surface area contributed by atoms with E-state index in [1.54, 1.807) is 0 Å². The lowest BCUT2D eigenvalue weighted by molar-refractivity contribution is 0.0942. The van der Waals surface area contributed by atoms with Gasteiger partial charge in [-0.05, 0) is 62.7 Å². The number of nitrogens with zero attached hydrogens (tertiary/aromatic N) is 1. The molecule has 0 spiro atoms. The van der Waals surface area contributed by atoms with Crippen LogP contribution in [0, 0.1) is 10.5 Å². The van der Waals surface area contributed by atoms with Crippen LogP contribution in [0.4, 0.5) is 0 Å². The molecule has 4 heteroatoms. The SMILES string of the molecule is Cc1ccc(I)c(C(=O)NCC(C)N(C)C)c1. The Hall–Kier alpha value is -0.620. The van der Waals surface area contributed by atoms with E-state index >= 15 is 0 Å². The van der Waals surface area contributed by atoms with Gasteiger partial charge in [-0.3, -0.25) is 4.79 Å². The van der Waals surface area contributed by atoms with Crippen molar-refractivity contribution in [3.05, 3.63) is 32.9 Å². The highest BCUT2D eigenvalue weighted by molar-refractivity contribution is 14.1. The smallest absolute Gasteiger partial charge is 0.252 e. The van der Waals surface area contributed by atoms with Crippen LogP contribution < -0.4 is 5.32 Å². The second-order valence-electron chi connectivity index (χ2n) is 4.51. The van der Waals surface area contributed by atoms with Gasteiger partial charge in [0.1, 0.15) is 0 Å². The van der Waals surface area contributed by atoms with E-state index in [1.165, 1.54) is 0 Å². The molecule has 0 heterocycles. The number of hydrogen-bond acceptors (Lipinski definition) is 2. The van der Waals surface area contributed by atoms with E-state index < -0.39 is 0 Å². The van der Waals surface area contributed by atoms with Gasteiger partial charge in [-0.1, -0.05) is 11.6 Å². The summed E-state index contributed by atoms with van der Waals surface area (Å²) in [6.45, 7) is 4.74. The maximum atomic E-state index is 12.0. The van der Waals surface area contributed by atoms with Crippen LogP contribution in [-0.4, -0.2) is 37.5 Å². The Morgan fingerprint density at radius 1 is 1.47 bits per heavy atom. The number of hydrogen-bond donors (Lipinski definition) is 1. The molecule has 0 saturated heterocycles. The van der Waals surface area contributed by atoms with Gasteiger partial charge in [0, 0.05) is 16.2 Å². The predicted molar refractivity (Wildman–Crippen MR) is 79.4 cm³/mol. The average Bonchev–Trinajstić information content (AvgIpc) is 2.28. The summed E-state index contributed by atoms with van der Waals surface area (Å²) < 4.78 is 0.989. The minimum absolute atomic E-state index is 0.00630. The van der Waals surface area contributed by atoms with Crippen molar-refractivity contribution in [1.82, 2.24) is 10.2 Å². The molecule has 0 saturated carbocycles. The van der Waals surface area contributed by atoms with Crippen molar-refractivity contribution in [1.29, 1.82) is 0 Å². The Labute approximate surface area is 117 Å². The Morgan fingerprint density at radius 2 is 2.12 bits per heavy atom. The number of halogens is 1. The zero-order valence-electron chi connectivity index (χ0n) is 10.7. The molecule has 1 amide bonds. The van der Waals surface area contributed by atoms with E-state index in [4.69, 9.17) is 0 Å². The monoisotopic (exact) mass is 346 g/mol. The standard InChI is InChI=1S/C13H19IN2O/c1-9-5-6-12(14)11(7-9)13(17)15-8-10(2)16(3)4/h5-7,10H,8H2,1-4H3,(H,15,17). The van der Waals surface area contributed by atoms with Crippen molar-refractivity contribution >= 4 is 28.5 Å². The molecular weight excluding hydrogens is 327 g/mol. The maximum Gasteiger partial charge on any atom is 0.252 e. The minimum atomic E-state index is 0.00630. The Balaban J connectivity index is 2.67. The lowest BCUT2D eigenvalue weighted by Crippen LogP contribution is -2.38. The van der Waals surface area contributed by atoms with Crippen molar-refractivity contribution in [3.8, 4) is 0 Å². The largest absolute Gasteiger partial charge is 0.350 e. The van der Waals surface area contributed by atoms with Crippen LogP contribution in [0.5, 0.6) is 0 Å². The van der Waals surface area contributed by atoms with Gasteiger partial charge in [-0.25, -0.2) is 0 Å². The molecule has 0 bridgehead atoms.